The van der Waals surface area contributed by atoms with Crippen molar-refractivity contribution in [3.63, 3.8) is 0 Å². The van der Waals surface area contributed by atoms with Crippen LogP contribution in [0.5, 0.6) is 0 Å². The van der Waals surface area contributed by atoms with Gasteiger partial charge in [0.1, 0.15) is 0 Å². The Morgan fingerprint density at radius 2 is 1.31 bits per heavy atom. The molecule has 0 aliphatic heterocycles. The summed E-state index contributed by atoms with van der Waals surface area (Å²) in [6, 6.07) is 10.5. The molecule has 0 radical (unpaired) electrons. The second kappa shape index (κ2) is 13.2. The van der Waals surface area contributed by atoms with Crippen LogP contribution in [0.15, 0.2) is 24.3 Å². The Hall–Kier alpha value is -1.80. The lowest BCUT2D eigenvalue weighted by Crippen LogP contribution is -1.75. The average Bonchev–Trinajstić information content (AvgIpc) is 2.41. The van der Waals surface area contributed by atoms with E-state index in [1.54, 1.807) is 24.3 Å². The highest BCUT2D eigenvalue weighted by Crippen LogP contribution is 2.01. The van der Waals surface area contributed by atoms with Crippen molar-refractivity contribution < 1.29 is 0 Å². The minimum Gasteiger partial charge on any atom is -0.192 e. The SMILES string of the molecule is CC.CCCC.N#Cc1cccc(C#N)c1. The second-order valence-electron chi connectivity index (χ2n) is 2.80. The molecule has 0 heterocycles. The van der Waals surface area contributed by atoms with Crippen molar-refractivity contribution in [3.05, 3.63) is 35.4 Å². The lowest BCUT2D eigenvalue weighted by atomic mass is 10.2. The summed E-state index contributed by atoms with van der Waals surface area (Å²) in [5.41, 5.74) is 1.05. The van der Waals surface area contributed by atoms with E-state index in [0.717, 1.165) is 0 Å². The highest BCUT2D eigenvalue weighted by molar-refractivity contribution is 5.38. The quantitative estimate of drug-likeness (QED) is 0.704. The van der Waals surface area contributed by atoms with Crippen molar-refractivity contribution >= 4 is 0 Å². The number of nitrogens with zero attached hydrogens (tertiary/aromatic N) is 2. The van der Waals surface area contributed by atoms with E-state index >= 15 is 0 Å². The third-order valence-corrected chi connectivity index (χ3v) is 1.62. The van der Waals surface area contributed by atoms with Crippen molar-refractivity contribution in [3.8, 4) is 12.1 Å². The Labute approximate surface area is 99.1 Å². The van der Waals surface area contributed by atoms with Crippen LogP contribution in [-0.4, -0.2) is 0 Å². The minimum absolute atomic E-state index is 0.527. The molecule has 0 aromatic heterocycles. The maximum Gasteiger partial charge on any atom is 0.0992 e. The lowest BCUT2D eigenvalue weighted by molar-refractivity contribution is 0.886. The van der Waals surface area contributed by atoms with Crippen LogP contribution in [0.25, 0.3) is 0 Å². The van der Waals surface area contributed by atoms with Crippen LogP contribution >= 0.6 is 0 Å². The molecule has 0 amide bonds. The maximum atomic E-state index is 8.40. The highest BCUT2D eigenvalue weighted by Gasteiger charge is 1.90. The molecule has 86 valence electrons. The third-order valence-electron chi connectivity index (χ3n) is 1.62. The first-order valence-electron chi connectivity index (χ1n) is 5.68. The van der Waals surface area contributed by atoms with E-state index in [2.05, 4.69) is 13.8 Å². The summed E-state index contributed by atoms with van der Waals surface area (Å²) in [6.07, 6.45) is 2.64. The summed E-state index contributed by atoms with van der Waals surface area (Å²) >= 11 is 0. The van der Waals surface area contributed by atoms with Gasteiger partial charge in [-0.15, -0.1) is 0 Å². The third kappa shape index (κ3) is 8.78. The number of hydrogen-bond acceptors (Lipinski definition) is 2. The van der Waals surface area contributed by atoms with E-state index in [0.29, 0.717) is 11.1 Å². The van der Waals surface area contributed by atoms with E-state index < -0.39 is 0 Å². The van der Waals surface area contributed by atoms with Crippen LogP contribution in [0.2, 0.25) is 0 Å². The molecule has 16 heavy (non-hydrogen) atoms. The summed E-state index contributed by atoms with van der Waals surface area (Å²) in [7, 11) is 0. The molecule has 0 fully saturated rings. The van der Waals surface area contributed by atoms with Crippen molar-refractivity contribution in [2.45, 2.75) is 40.5 Å². The van der Waals surface area contributed by atoms with Gasteiger partial charge in [0.25, 0.3) is 0 Å². The molecule has 1 aromatic rings. The van der Waals surface area contributed by atoms with E-state index in [1.165, 1.54) is 12.8 Å². The summed E-state index contributed by atoms with van der Waals surface area (Å²) in [5.74, 6) is 0. The molecule has 0 atom stereocenters. The summed E-state index contributed by atoms with van der Waals surface area (Å²) in [6.45, 7) is 8.36. The van der Waals surface area contributed by atoms with Gasteiger partial charge in [0.15, 0.2) is 0 Å². The van der Waals surface area contributed by atoms with Crippen molar-refractivity contribution in [1.82, 2.24) is 0 Å². The normalized spacial score (nSPS) is 7.12. The van der Waals surface area contributed by atoms with Crippen molar-refractivity contribution in [2.24, 2.45) is 0 Å². The first-order valence-corrected chi connectivity index (χ1v) is 5.68. The zero-order chi connectivity index (χ0) is 12.8. The maximum absolute atomic E-state index is 8.40. The Morgan fingerprint density at radius 3 is 1.56 bits per heavy atom. The minimum atomic E-state index is 0.527. The van der Waals surface area contributed by atoms with Crippen LogP contribution < -0.4 is 0 Å². The van der Waals surface area contributed by atoms with Crippen LogP contribution in [0.3, 0.4) is 0 Å². The summed E-state index contributed by atoms with van der Waals surface area (Å²) in [5, 5.41) is 16.8. The largest absolute Gasteiger partial charge is 0.192 e. The summed E-state index contributed by atoms with van der Waals surface area (Å²) < 4.78 is 0. The van der Waals surface area contributed by atoms with Gasteiger partial charge >= 0.3 is 0 Å². The smallest absolute Gasteiger partial charge is 0.0992 e. The Kier molecular flexibility index (Phi) is 13.7. The van der Waals surface area contributed by atoms with E-state index in [9.17, 15) is 0 Å². The zero-order valence-corrected chi connectivity index (χ0v) is 10.6. The van der Waals surface area contributed by atoms with Crippen LogP contribution in [0.4, 0.5) is 0 Å². The lowest BCUT2D eigenvalue weighted by Gasteiger charge is -1.86. The average molecular weight is 216 g/mol. The summed E-state index contributed by atoms with van der Waals surface area (Å²) in [4.78, 5) is 0. The zero-order valence-electron chi connectivity index (χ0n) is 10.6. The highest BCUT2D eigenvalue weighted by atomic mass is 14.2. The molecule has 2 heteroatoms. The Morgan fingerprint density at radius 1 is 0.938 bits per heavy atom. The molecule has 0 bridgehead atoms. The fraction of sp³-hybridized carbons (Fsp3) is 0.429. The van der Waals surface area contributed by atoms with Crippen molar-refractivity contribution in [2.75, 3.05) is 0 Å². The van der Waals surface area contributed by atoms with Gasteiger partial charge in [-0.25, -0.2) is 0 Å². The Balaban J connectivity index is 0. The topological polar surface area (TPSA) is 47.6 Å². The number of nitriles is 2. The van der Waals surface area contributed by atoms with Gasteiger partial charge < -0.3 is 0 Å². The molecule has 1 aromatic carbocycles. The van der Waals surface area contributed by atoms with Crippen molar-refractivity contribution in [1.29, 1.82) is 10.5 Å². The molecule has 0 saturated heterocycles. The van der Waals surface area contributed by atoms with Gasteiger partial charge in [0.2, 0.25) is 0 Å². The van der Waals surface area contributed by atoms with E-state index in [4.69, 9.17) is 10.5 Å². The molecule has 0 aliphatic carbocycles. The van der Waals surface area contributed by atoms with Gasteiger partial charge in [0, 0.05) is 0 Å². The van der Waals surface area contributed by atoms with Gasteiger partial charge in [0.05, 0.1) is 23.3 Å². The molecular formula is C14H20N2. The molecule has 2 nitrogen and oxygen atoms in total. The number of unbranched alkanes of at least 4 members (excludes halogenated alkanes) is 1. The predicted octanol–water partition coefficient (Wildman–Crippen LogP) is 4.26. The molecule has 0 aliphatic rings. The number of hydrogen-bond donors (Lipinski definition) is 0. The van der Waals surface area contributed by atoms with Crippen LogP contribution in [0.1, 0.15) is 51.7 Å². The van der Waals surface area contributed by atoms with Crippen LogP contribution in [-0.2, 0) is 0 Å². The van der Waals surface area contributed by atoms with Gasteiger partial charge in [-0.1, -0.05) is 46.6 Å². The van der Waals surface area contributed by atoms with Gasteiger partial charge in [-0.2, -0.15) is 10.5 Å². The Bertz CT molecular complexity index is 311. The second-order valence-corrected chi connectivity index (χ2v) is 2.80. The van der Waals surface area contributed by atoms with Gasteiger partial charge in [-0.3, -0.25) is 0 Å². The molecule has 0 unspecified atom stereocenters. The monoisotopic (exact) mass is 216 g/mol. The number of benzene rings is 1. The standard InChI is InChI=1S/C8H4N2.C4H10.C2H6/c9-5-7-2-1-3-8(4-7)6-10;1-3-4-2;1-2/h1-4H;3-4H2,1-2H3;1-2H3. The fourth-order valence-corrected chi connectivity index (χ4v) is 0.658. The molecule has 0 spiro atoms. The van der Waals surface area contributed by atoms with Gasteiger partial charge in [-0.05, 0) is 18.2 Å². The molecular weight excluding hydrogens is 196 g/mol. The number of rotatable bonds is 1. The predicted molar refractivity (Wildman–Crippen MR) is 67.8 cm³/mol. The fourth-order valence-electron chi connectivity index (χ4n) is 0.658. The first kappa shape index (κ1) is 16.6. The van der Waals surface area contributed by atoms with E-state index in [-0.39, 0.29) is 0 Å². The molecule has 0 N–H and O–H groups in total. The first-order chi connectivity index (χ1) is 7.78. The van der Waals surface area contributed by atoms with E-state index in [1.807, 2.05) is 26.0 Å². The van der Waals surface area contributed by atoms with Crippen LogP contribution in [0, 0.1) is 22.7 Å². The molecule has 1 rings (SSSR count). The molecule has 0 saturated carbocycles.